The van der Waals surface area contributed by atoms with Crippen LogP contribution in [0, 0.1) is 0 Å². The maximum atomic E-state index is 13.0. The predicted molar refractivity (Wildman–Crippen MR) is 105 cm³/mol. The number of hydrogen-bond donors (Lipinski definition) is 4. The largest absolute Gasteiger partial charge is 0.508 e. The summed E-state index contributed by atoms with van der Waals surface area (Å²) in [4.78, 5) is 13.0. The van der Waals surface area contributed by atoms with Gasteiger partial charge in [0.1, 0.15) is 22.5 Å². The molecule has 0 spiro atoms. The maximum Gasteiger partial charge on any atom is 0.239 e. The van der Waals surface area contributed by atoms with Gasteiger partial charge in [0.2, 0.25) is 18.5 Å². The van der Waals surface area contributed by atoms with Gasteiger partial charge in [-0.05, 0) is 25.1 Å². The third kappa shape index (κ3) is 4.16. The summed E-state index contributed by atoms with van der Waals surface area (Å²) in [6.07, 6.45) is -0.437. The minimum atomic E-state index is -3.18. The fourth-order valence-corrected chi connectivity index (χ4v) is 3.73. The lowest BCUT2D eigenvalue weighted by Crippen LogP contribution is -2.12. The fourth-order valence-electron chi connectivity index (χ4n) is 2.75. The molecule has 1 unspecified atom stereocenters. The van der Waals surface area contributed by atoms with E-state index in [2.05, 4.69) is 0 Å². The Balaban J connectivity index is 2.25. The van der Waals surface area contributed by atoms with E-state index in [1.165, 1.54) is 18.8 Å². The average Bonchev–Trinajstić information content (AvgIpc) is 2.62. The standard InChI is InChI=1S/C19H19O9P/c1-3-27-29(2,25)9-26-19-17(24)16-14(23)7-11(20)8-15(16)28-18(19)10-4-5-12(21)13(22)6-10/h4-8,20-23H,3,9H2,1-2H3. The van der Waals surface area contributed by atoms with Gasteiger partial charge >= 0.3 is 0 Å². The van der Waals surface area contributed by atoms with Gasteiger partial charge in [0, 0.05) is 24.4 Å². The third-order valence-corrected chi connectivity index (χ3v) is 5.40. The normalized spacial score (nSPS) is 13.3. The first-order chi connectivity index (χ1) is 13.6. The minimum absolute atomic E-state index is 0.132. The molecule has 1 atom stereocenters. The van der Waals surface area contributed by atoms with Crippen LogP contribution in [0.4, 0.5) is 0 Å². The first-order valence-corrected chi connectivity index (χ1v) is 10.8. The Bertz CT molecular complexity index is 1180. The molecular formula is C19H19O9P. The molecule has 10 heteroatoms. The van der Waals surface area contributed by atoms with Gasteiger partial charge in [0.05, 0.1) is 6.61 Å². The highest BCUT2D eigenvalue weighted by Gasteiger charge is 2.24. The van der Waals surface area contributed by atoms with Gasteiger partial charge in [-0.15, -0.1) is 0 Å². The second-order valence-corrected chi connectivity index (χ2v) is 8.88. The molecule has 0 bridgehead atoms. The number of phenols is 4. The Morgan fingerprint density at radius 1 is 1.03 bits per heavy atom. The summed E-state index contributed by atoms with van der Waals surface area (Å²) in [5.74, 6) is -2.23. The SMILES string of the molecule is CCOP(C)(=O)COc1c(-c2ccc(O)c(O)c2)oc2cc(O)cc(O)c2c1=O. The van der Waals surface area contributed by atoms with E-state index in [0.29, 0.717) is 0 Å². The van der Waals surface area contributed by atoms with Crippen LogP contribution in [0.25, 0.3) is 22.3 Å². The van der Waals surface area contributed by atoms with Crippen LogP contribution in [0.1, 0.15) is 6.92 Å². The van der Waals surface area contributed by atoms with Gasteiger partial charge in [0.15, 0.2) is 23.6 Å². The van der Waals surface area contributed by atoms with Crippen molar-refractivity contribution in [2.24, 2.45) is 0 Å². The number of hydrogen-bond acceptors (Lipinski definition) is 9. The van der Waals surface area contributed by atoms with Crippen molar-refractivity contribution in [1.29, 1.82) is 0 Å². The molecule has 0 amide bonds. The first kappa shape index (κ1) is 20.6. The van der Waals surface area contributed by atoms with E-state index in [1.807, 2.05) is 0 Å². The molecule has 0 aliphatic heterocycles. The lowest BCUT2D eigenvalue weighted by atomic mass is 10.1. The van der Waals surface area contributed by atoms with Gasteiger partial charge in [-0.3, -0.25) is 9.36 Å². The number of benzene rings is 2. The average molecular weight is 422 g/mol. The molecule has 3 rings (SSSR count). The molecule has 0 saturated carbocycles. The van der Waals surface area contributed by atoms with Crippen LogP contribution in [-0.4, -0.2) is 40.0 Å². The summed E-state index contributed by atoms with van der Waals surface area (Å²) >= 11 is 0. The highest BCUT2D eigenvalue weighted by atomic mass is 31.2. The van der Waals surface area contributed by atoms with Crippen molar-refractivity contribution < 1.29 is 38.7 Å². The second kappa shape index (κ2) is 7.69. The zero-order chi connectivity index (χ0) is 21.3. The van der Waals surface area contributed by atoms with Crippen LogP contribution in [-0.2, 0) is 9.09 Å². The van der Waals surface area contributed by atoms with E-state index >= 15 is 0 Å². The lowest BCUT2D eigenvalue weighted by Gasteiger charge is -2.16. The molecule has 0 radical (unpaired) electrons. The van der Waals surface area contributed by atoms with Gasteiger partial charge in [-0.1, -0.05) is 0 Å². The Hall–Kier alpha value is -3.16. The molecule has 1 heterocycles. The maximum absolute atomic E-state index is 13.0. The molecule has 1 aromatic heterocycles. The fraction of sp³-hybridized carbons (Fsp3) is 0.211. The molecule has 2 aromatic carbocycles. The van der Waals surface area contributed by atoms with Crippen molar-refractivity contribution in [3.05, 3.63) is 40.6 Å². The zero-order valence-electron chi connectivity index (χ0n) is 15.6. The van der Waals surface area contributed by atoms with E-state index in [4.69, 9.17) is 13.7 Å². The molecule has 0 saturated heterocycles. The number of phenolic OH excluding ortho intramolecular Hbond substituents is 4. The molecular weight excluding hydrogens is 403 g/mol. The van der Waals surface area contributed by atoms with Crippen molar-refractivity contribution in [1.82, 2.24) is 0 Å². The molecule has 154 valence electrons. The zero-order valence-corrected chi connectivity index (χ0v) is 16.5. The molecule has 0 fully saturated rings. The van der Waals surface area contributed by atoms with Gasteiger partial charge in [-0.2, -0.15) is 0 Å². The Morgan fingerprint density at radius 3 is 2.41 bits per heavy atom. The summed E-state index contributed by atoms with van der Waals surface area (Å²) in [5.41, 5.74) is -0.741. The molecule has 9 nitrogen and oxygen atoms in total. The van der Waals surface area contributed by atoms with Gasteiger partial charge in [-0.25, -0.2) is 0 Å². The van der Waals surface area contributed by atoms with Crippen LogP contribution < -0.4 is 10.2 Å². The highest BCUT2D eigenvalue weighted by Crippen LogP contribution is 2.44. The summed E-state index contributed by atoms with van der Waals surface area (Å²) in [6.45, 7) is 3.19. The first-order valence-electron chi connectivity index (χ1n) is 8.52. The smallest absolute Gasteiger partial charge is 0.239 e. The topological polar surface area (TPSA) is 147 Å². The number of fused-ring (bicyclic) bond motifs is 1. The molecule has 4 N–H and O–H groups in total. The Morgan fingerprint density at radius 2 is 1.76 bits per heavy atom. The number of aromatic hydroxyl groups is 4. The summed E-state index contributed by atoms with van der Waals surface area (Å²) in [5, 5.41) is 38.9. The second-order valence-electron chi connectivity index (χ2n) is 6.34. The number of ether oxygens (including phenoxy) is 1. The monoisotopic (exact) mass is 422 g/mol. The van der Waals surface area contributed by atoms with Crippen LogP contribution in [0.3, 0.4) is 0 Å². The van der Waals surface area contributed by atoms with Crippen LogP contribution >= 0.6 is 7.37 Å². The number of rotatable bonds is 6. The highest BCUT2D eigenvalue weighted by molar-refractivity contribution is 7.57. The van der Waals surface area contributed by atoms with Gasteiger partial charge < -0.3 is 34.1 Å². The third-order valence-electron chi connectivity index (χ3n) is 4.00. The van der Waals surface area contributed by atoms with E-state index in [-0.39, 0.29) is 46.1 Å². The Kier molecular flexibility index (Phi) is 5.46. The van der Waals surface area contributed by atoms with Crippen molar-refractivity contribution in [3.63, 3.8) is 0 Å². The lowest BCUT2D eigenvalue weighted by molar-refractivity contribution is 0.294. The van der Waals surface area contributed by atoms with E-state index in [1.54, 1.807) is 6.92 Å². The Labute approximate surface area is 164 Å². The van der Waals surface area contributed by atoms with Crippen molar-refractivity contribution in [3.8, 4) is 40.1 Å². The molecule has 3 aromatic rings. The molecule has 29 heavy (non-hydrogen) atoms. The molecule has 0 aliphatic carbocycles. The summed E-state index contributed by atoms with van der Waals surface area (Å²) in [7, 11) is -3.18. The van der Waals surface area contributed by atoms with Crippen LogP contribution in [0.15, 0.2) is 39.5 Å². The minimum Gasteiger partial charge on any atom is -0.508 e. The van der Waals surface area contributed by atoms with E-state index < -0.39 is 30.6 Å². The van der Waals surface area contributed by atoms with E-state index in [9.17, 15) is 29.8 Å². The van der Waals surface area contributed by atoms with Crippen molar-refractivity contribution in [2.75, 3.05) is 19.6 Å². The summed E-state index contributed by atoms with van der Waals surface area (Å²) in [6, 6.07) is 5.80. The van der Waals surface area contributed by atoms with Crippen LogP contribution in [0.5, 0.6) is 28.7 Å². The van der Waals surface area contributed by atoms with Gasteiger partial charge in [0.25, 0.3) is 0 Å². The quantitative estimate of drug-likeness (QED) is 0.346. The van der Waals surface area contributed by atoms with Crippen molar-refractivity contribution in [2.45, 2.75) is 6.92 Å². The summed E-state index contributed by atoms with van der Waals surface area (Å²) < 4.78 is 28.7. The van der Waals surface area contributed by atoms with E-state index in [0.717, 1.165) is 18.2 Å². The molecule has 0 aliphatic rings. The van der Waals surface area contributed by atoms with Crippen LogP contribution in [0.2, 0.25) is 0 Å². The van der Waals surface area contributed by atoms with Crippen molar-refractivity contribution >= 4 is 18.3 Å². The predicted octanol–water partition coefficient (Wildman–Crippen LogP) is 3.56.